The van der Waals surface area contributed by atoms with E-state index in [0.29, 0.717) is 34.2 Å². The van der Waals surface area contributed by atoms with E-state index in [1.54, 1.807) is 48.5 Å². The Morgan fingerprint density at radius 1 is 0.818 bits per heavy atom. The highest BCUT2D eigenvalue weighted by molar-refractivity contribution is 6.30. The van der Waals surface area contributed by atoms with Gasteiger partial charge in [0.2, 0.25) is 0 Å². The van der Waals surface area contributed by atoms with E-state index in [1.165, 1.54) is 6.20 Å². The maximum Gasteiger partial charge on any atom is 0.258 e. The van der Waals surface area contributed by atoms with E-state index < -0.39 is 5.91 Å². The van der Waals surface area contributed by atoms with Crippen LogP contribution in [0, 0.1) is 0 Å². The Labute approximate surface area is 196 Å². The predicted molar refractivity (Wildman–Crippen MR) is 131 cm³/mol. The molecule has 0 saturated heterocycles. The molecule has 0 saturated carbocycles. The van der Waals surface area contributed by atoms with E-state index in [1.807, 2.05) is 36.4 Å². The second-order valence-corrected chi connectivity index (χ2v) is 7.69. The van der Waals surface area contributed by atoms with Crippen LogP contribution in [0.2, 0.25) is 5.02 Å². The van der Waals surface area contributed by atoms with Crippen LogP contribution >= 0.6 is 11.6 Å². The monoisotopic (exact) mass is 456 g/mol. The average molecular weight is 457 g/mol. The number of rotatable bonds is 6. The Bertz CT molecular complexity index is 1290. The standard InChI is InChI=1S/C26H21ClN4O2/c27-20-13-14-24(29-16-20)31-26(33)22-7-3-4-8-23(22)30-25(32)18-11-9-17(10-12-18)21-6-2-1-5-19(21)15-28/h1-14,16H,15,28H2,(H,30,32)(H,29,31,33). The van der Waals surface area contributed by atoms with Crippen molar-refractivity contribution in [2.45, 2.75) is 6.54 Å². The van der Waals surface area contributed by atoms with E-state index >= 15 is 0 Å². The fraction of sp³-hybridized carbons (Fsp3) is 0.0385. The first-order valence-electron chi connectivity index (χ1n) is 10.3. The number of hydrogen-bond acceptors (Lipinski definition) is 4. The second kappa shape index (κ2) is 10.1. The summed E-state index contributed by atoms with van der Waals surface area (Å²) in [5.74, 6) is -0.355. The first-order chi connectivity index (χ1) is 16.0. The molecule has 0 aliphatic heterocycles. The van der Waals surface area contributed by atoms with Crippen molar-refractivity contribution in [2.24, 2.45) is 5.73 Å². The van der Waals surface area contributed by atoms with E-state index in [2.05, 4.69) is 15.6 Å². The van der Waals surface area contributed by atoms with Crippen molar-refractivity contribution < 1.29 is 9.59 Å². The van der Waals surface area contributed by atoms with Gasteiger partial charge in [0.05, 0.1) is 16.3 Å². The fourth-order valence-corrected chi connectivity index (χ4v) is 3.51. The second-order valence-electron chi connectivity index (χ2n) is 7.25. The van der Waals surface area contributed by atoms with Gasteiger partial charge < -0.3 is 16.4 Å². The van der Waals surface area contributed by atoms with Gasteiger partial charge in [0.25, 0.3) is 11.8 Å². The van der Waals surface area contributed by atoms with Gasteiger partial charge in [-0.3, -0.25) is 9.59 Å². The van der Waals surface area contributed by atoms with Gasteiger partial charge >= 0.3 is 0 Å². The molecule has 4 N–H and O–H groups in total. The number of nitrogens with one attached hydrogen (secondary N) is 2. The van der Waals surface area contributed by atoms with E-state index in [-0.39, 0.29) is 5.91 Å². The van der Waals surface area contributed by atoms with Gasteiger partial charge in [-0.1, -0.05) is 60.1 Å². The van der Waals surface area contributed by atoms with E-state index in [0.717, 1.165) is 16.7 Å². The summed E-state index contributed by atoms with van der Waals surface area (Å²) >= 11 is 5.84. The van der Waals surface area contributed by atoms with Gasteiger partial charge in [0.15, 0.2) is 0 Å². The molecule has 2 amide bonds. The maximum absolute atomic E-state index is 12.9. The number of nitrogens with zero attached hydrogens (tertiary/aromatic N) is 1. The lowest BCUT2D eigenvalue weighted by atomic mass is 9.98. The molecule has 0 aliphatic carbocycles. The molecule has 0 bridgehead atoms. The average Bonchev–Trinajstić information content (AvgIpc) is 2.85. The largest absolute Gasteiger partial charge is 0.326 e. The Morgan fingerprint density at radius 2 is 1.55 bits per heavy atom. The topological polar surface area (TPSA) is 97.1 Å². The molecule has 0 aliphatic rings. The van der Waals surface area contributed by atoms with E-state index in [9.17, 15) is 9.59 Å². The summed E-state index contributed by atoms with van der Waals surface area (Å²) in [6.45, 7) is 0.433. The Morgan fingerprint density at radius 3 is 2.27 bits per heavy atom. The molecule has 3 aromatic carbocycles. The summed E-state index contributed by atoms with van der Waals surface area (Å²) in [4.78, 5) is 29.7. The molecule has 0 fully saturated rings. The van der Waals surface area contributed by atoms with Crippen molar-refractivity contribution in [1.29, 1.82) is 0 Å². The minimum absolute atomic E-state index is 0.316. The van der Waals surface area contributed by atoms with Crippen LogP contribution in [-0.2, 0) is 6.54 Å². The van der Waals surface area contributed by atoms with Crippen LogP contribution in [0.1, 0.15) is 26.3 Å². The molecule has 7 heteroatoms. The van der Waals surface area contributed by atoms with Crippen molar-refractivity contribution >= 4 is 34.9 Å². The van der Waals surface area contributed by atoms with E-state index in [4.69, 9.17) is 17.3 Å². The third-order valence-electron chi connectivity index (χ3n) is 5.08. The molecule has 0 radical (unpaired) electrons. The number of hydrogen-bond donors (Lipinski definition) is 3. The van der Waals surface area contributed by atoms with Crippen molar-refractivity contribution in [1.82, 2.24) is 4.98 Å². The Kier molecular flexibility index (Phi) is 6.78. The molecule has 6 nitrogen and oxygen atoms in total. The highest BCUT2D eigenvalue weighted by Gasteiger charge is 2.15. The number of para-hydroxylation sites is 1. The summed E-state index contributed by atoms with van der Waals surface area (Å²) in [6, 6.07) is 25.2. The smallest absolute Gasteiger partial charge is 0.258 e. The third kappa shape index (κ3) is 5.26. The normalized spacial score (nSPS) is 10.5. The predicted octanol–water partition coefficient (Wildman–Crippen LogP) is 5.37. The maximum atomic E-state index is 12.9. The number of carbonyl (C=O) groups excluding carboxylic acids is 2. The zero-order chi connectivity index (χ0) is 23.2. The molecule has 4 aromatic rings. The molecule has 0 atom stereocenters. The number of pyridine rings is 1. The molecular formula is C26H21ClN4O2. The van der Waals surface area contributed by atoms with Gasteiger partial charge in [-0.2, -0.15) is 0 Å². The van der Waals surface area contributed by atoms with Gasteiger partial charge in [0, 0.05) is 18.3 Å². The Hall–Kier alpha value is -4.00. The highest BCUT2D eigenvalue weighted by Crippen LogP contribution is 2.24. The van der Waals surface area contributed by atoms with Gasteiger partial charge in [-0.15, -0.1) is 0 Å². The van der Waals surface area contributed by atoms with Crippen LogP contribution in [0.25, 0.3) is 11.1 Å². The van der Waals surface area contributed by atoms with Crippen molar-refractivity contribution in [3.63, 3.8) is 0 Å². The molecular weight excluding hydrogens is 436 g/mol. The van der Waals surface area contributed by atoms with Crippen LogP contribution in [0.15, 0.2) is 91.1 Å². The SMILES string of the molecule is NCc1ccccc1-c1ccc(C(=O)Nc2ccccc2C(=O)Nc2ccc(Cl)cn2)cc1. The van der Waals surface area contributed by atoms with Crippen LogP contribution < -0.4 is 16.4 Å². The fourth-order valence-electron chi connectivity index (χ4n) is 3.40. The zero-order valence-electron chi connectivity index (χ0n) is 17.6. The first kappa shape index (κ1) is 22.2. The van der Waals surface area contributed by atoms with Crippen LogP contribution in [0.4, 0.5) is 11.5 Å². The summed E-state index contributed by atoms with van der Waals surface area (Å²) in [7, 11) is 0. The quantitative estimate of drug-likeness (QED) is 0.363. The van der Waals surface area contributed by atoms with Crippen molar-refractivity contribution in [2.75, 3.05) is 10.6 Å². The molecule has 1 aromatic heterocycles. The number of nitrogens with two attached hydrogens (primary N) is 1. The summed E-state index contributed by atoms with van der Waals surface area (Å²) in [6.07, 6.45) is 1.44. The number of anilines is 2. The Balaban J connectivity index is 1.51. The minimum Gasteiger partial charge on any atom is -0.326 e. The summed E-state index contributed by atoms with van der Waals surface area (Å²) < 4.78 is 0. The van der Waals surface area contributed by atoms with Gasteiger partial charge in [0.1, 0.15) is 5.82 Å². The number of benzene rings is 3. The summed E-state index contributed by atoms with van der Waals surface area (Å²) in [5, 5.41) is 6.00. The van der Waals surface area contributed by atoms with Crippen molar-refractivity contribution in [3.05, 3.63) is 113 Å². The molecule has 0 spiro atoms. The lowest BCUT2D eigenvalue weighted by Crippen LogP contribution is -2.18. The summed E-state index contributed by atoms with van der Waals surface area (Å²) in [5.41, 5.74) is 10.1. The van der Waals surface area contributed by atoms with Gasteiger partial charge in [-0.25, -0.2) is 4.98 Å². The minimum atomic E-state index is -0.394. The highest BCUT2D eigenvalue weighted by atomic mass is 35.5. The molecule has 33 heavy (non-hydrogen) atoms. The van der Waals surface area contributed by atoms with Crippen LogP contribution in [0.3, 0.4) is 0 Å². The lowest BCUT2D eigenvalue weighted by Gasteiger charge is -2.12. The molecule has 0 unspecified atom stereocenters. The third-order valence-corrected chi connectivity index (χ3v) is 5.31. The van der Waals surface area contributed by atoms with Crippen molar-refractivity contribution in [3.8, 4) is 11.1 Å². The van der Waals surface area contributed by atoms with Crippen LogP contribution in [0.5, 0.6) is 0 Å². The number of aromatic nitrogens is 1. The number of halogens is 1. The van der Waals surface area contributed by atoms with Gasteiger partial charge in [-0.05, 0) is 53.1 Å². The zero-order valence-corrected chi connectivity index (χ0v) is 18.3. The first-order valence-corrected chi connectivity index (χ1v) is 10.6. The molecule has 4 rings (SSSR count). The number of carbonyl (C=O) groups is 2. The number of amides is 2. The van der Waals surface area contributed by atoms with Crippen LogP contribution in [-0.4, -0.2) is 16.8 Å². The molecule has 1 heterocycles. The lowest BCUT2D eigenvalue weighted by molar-refractivity contribution is 0.102. The molecule has 164 valence electrons.